The van der Waals surface area contributed by atoms with E-state index in [4.69, 9.17) is 9.52 Å². The number of hydrogen-bond donors (Lipinski definition) is 1. The lowest BCUT2D eigenvalue weighted by molar-refractivity contribution is 0.0694. The van der Waals surface area contributed by atoms with Crippen molar-refractivity contribution in [3.05, 3.63) is 36.4 Å². The smallest absolute Gasteiger partial charge is 0.356 e. The molecule has 0 saturated heterocycles. The molecular weight excluding hydrogens is 240 g/mol. The van der Waals surface area contributed by atoms with Crippen molar-refractivity contribution in [2.75, 3.05) is 0 Å². The number of rotatable bonds is 2. The fourth-order valence-electron chi connectivity index (χ4n) is 1.59. The van der Waals surface area contributed by atoms with Crippen LogP contribution in [0.1, 0.15) is 10.5 Å². The van der Waals surface area contributed by atoms with Gasteiger partial charge in [0.15, 0.2) is 5.69 Å². The lowest BCUT2D eigenvalue weighted by atomic mass is 10.1. The third-order valence-electron chi connectivity index (χ3n) is 2.35. The second kappa shape index (κ2) is 3.67. The minimum absolute atomic E-state index is 0.0870. The van der Waals surface area contributed by atoms with E-state index in [0.717, 1.165) is 21.8 Å². The Morgan fingerprint density at radius 3 is 3.00 bits per heavy atom. The number of carboxylic acid groups (broad SMARTS) is 1. The molecule has 1 aromatic carbocycles. The van der Waals surface area contributed by atoms with E-state index in [9.17, 15) is 4.79 Å². The third kappa shape index (κ3) is 1.58. The van der Waals surface area contributed by atoms with Crippen LogP contribution in [0, 0.1) is 0 Å². The van der Waals surface area contributed by atoms with Gasteiger partial charge >= 0.3 is 5.97 Å². The van der Waals surface area contributed by atoms with Gasteiger partial charge in [-0.3, -0.25) is 0 Å². The Morgan fingerprint density at radius 1 is 1.41 bits per heavy atom. The van der Waals surface area contributed by atoms with Gasteiger partial charge in [-0.2, -0.15) is 4.37 Å². The Bertz CT molecular complexity index is 688. The van der Waals surface area contributed by atoms with E-state index in [-0.39, 0.29) is 5.69 Å². The van der Waals surface area contributed by atoms with Gasteiger partial charge in [-0.15, -0.1) is 0 Å². The van der Waals surface area contributed by atoms with Gasteiger partial charge in [0.05, 0.1) is 10.9 Å². The summed E-state index contributed by atoms with van der Waals surface area (Å²) in [6, 6.07) is 5.32. The van der Waals surface area contributed by atoms with Crippen LogP contribution in [-0.4, -0.2) is 20.4 Å². The lowest BCUT2D eigenvalue weighted by Gasteiger charge is -1.95. The Balaban J connectivity index is 2.18. The SMILES string of the molecule is O=C(O)c1nsc2cc(-c3ncco3)ccc12. The quantitative estimate of drug-likeness (QED) is 0.752. The molecule has 0 aliphatic carbocycles. The summed E-state index contributed by atoms with van der Waals surface area (Å²) in [5, 5.41) is 9.58. The highest BCUT2D eigenvalue weighted by atomic mass is 32.1. The average Bonchev–Trinajstić information content (AvgIpc) is 2.97. The highest BCUT2D eigenvalue weighted by molar-refractivity contribution is 7.13. The van der Waals surface area contributed by atoms with Crippen LogP contribution in [0.2, 0.25) is 0 Å². The predicted molar refractivity (Wildman–Crippen MR) is 62.1 cm³/mol. The highest BCUT2D eigenvalue weighted by Gasteiger charge is 2.14. The van der Waals surface area contributed by atoms with Crippen molar-refractivity contribution >= 4 is 27.6 Å². The number of nitrogens with zero attached hydrogens (tertiary/aromatic N) is 2. The number of fused-ring (bicyclic) bond motifs is 1. The maximum Gasteiger partial charge on any atom is 0.356 e. The molecule has 0 bridgehead atoms. The van der Waals surface area contributed by atoms with Gasteiger partial charge in [0.25, 0.3) is 0 Å². The number of aromatic nitrogens is 2. The van der Waals surface area contributed by atoms with Crippen LogP contribution in [0.5, 0.6) is 0 Å². The summed E-state index contributed by atoms with van der Waals surface area (Å²) in [6.07, 6.45) is 3.06. The first-order chi connectivity index (χ1) is 8.25. The summed E-state index contributed by atoms with van der Waals surface area (Å²) in [5.41, 5.74) is 0.895. The fourth-order valence-corrected chi connectivity index (χ4v) is 2.40. The number of aromatic carboxylic acids is 1. The molecule has 0 radical (unpaired) electrons. The molecule has 0 amide bonds. The van der Waals surface area contributed by atoms with Gasteiger partial charge in [-0.25, -0.2) is 9.78 Å². The summed E-state index contributed by atoms with van der Waals surface area (Å²) < 4.78 is 9.89. The summed E-state index contributed by atoms with van der Waals surface area (Å²) >= 11 is 1.15. The highest BCUT2D eigenvalue weighted by Crippen LogP contribution is 2.28. The summed E-state index contributed by atoms with van der Waals surface area (Å²) in [6.45, 7) is 0. The predicted octanol–water partition coefficient (Wildman–Crippen LogP) is 2.65. The molecule has 0 spiro atoms. The van der Waals surface area contributed by atoms with Gasteiger partial charge in [-0.1, -0.05) is 6.07 Å². The largest absolute Gasteiger partial charge is 0.476 e. The van der Waals surface area contributed by atoms with Gasteiger partial charge in [-0.05, 0) is 23.7 Å². The van der Waals surface area contributed by atoms with E-state index in [2.05, 4.69) is 9.36 Å². The third-order valence-corrected chi connectivity index (χ3v) is 3.16. The van der Waals surface area contributed by atoms with Crippen LogP contribution in [0.15, 0.2) is 35.1 Å². The molecule has 0 fully saturated rings. The number of benzene rings is 1. The van der Waals surface area contributed by atoms with E-state index in [1.54, 1.807) is 18.3 Å². The van der Waals surface area contributed by atoms with Crippen LogP contribution >= 0.6 is 11.5 Å². The molecule has 0 unspecified atom stereocenters. The van der Waals surface area contributed by atoms with Crippen LogP contribution < -0.4 is 0 Å². The number of carbonyl (C=O) groups is 1. The minimum Gasteiger partial charge on any atom is -0.476 e. The first-order valence-corrected chi connectivity index (χ1v) is 5.55. The molecule has 0 atom stereocenters. The summed E-state index contributed by atoms with van der Waals surface area (Å²) in [5.74, 6) is -0.503. The molecule has 0 aliphatic rings. The van der Waals surface area contributed by atoms with Crippen LogP contribution in [-0.2, 0) is 0 Å². The van der Waals surface area contributed by atoms with Crippen LogP contribution in [0.25, 0.3) is 21.5 Å². The molecule has 2 aromatic heterocycles. The Kier molecular flexibility index (Phi) is 2.15. The number of oxazole rings is 1. The van der Waals surface area contributed by atoms with E-state index in [1.807, 2.05) is 6.07 Å². The molecule has 0 saturated carbocycles. The normalized spacial score (nSPS) is 10.8. The molecule has 0 aliphatic heterocycles. The van der Waals surface area contributed by atoms with Crippen molar-refractivity contribution in [2.24, 2.45) is 0 Å². The van der Waals surface area contributed by atoms with Gasteiger partial charge < -0.3 is 9.52 Å². The van der Waals surface area contributed by atoms with Crippen molar-refractivity contribution in [1.29, 1.82) is 0 Å². The number of hydrogen-bond acceptors (Lipinski definition) is 5. The molecular formula is C11H6N2O3S. The van der Waals surface area contributed by atoms with Crippen molar-refractivity contribution in [1.82, 2.24) is 9.36 Å². The zero-order chi connectivity index (χ0) is 11.8. The molecule has 17 heavy (non-hydrogen) atoms. The second-order valence-corrected chi connectivity index (χ2v) is 4.19. The zero-order valence-corrected chi connectivity index (χ0v) is 9.27. The monoisotopic (exact) mass is 246 g/mol. The molecule has 6 heteroatoms. The Labute approximate surface area is 99.5 Å². The van der Waals surface area contributed by atoms with Gasteiger partial charge in [0.1, 0.15) is 6.26 Å². The average molecular weight is 246 g/mol. The first-order valence-electron chi connectivity index (χ1n) is 4.78. The van der Waals surface area contributed by atoms with Crippen LogP contribution in [0.4, 0.5) is 0 Å². The number of carboxylic acids is 1. The minimum atomic E-state index is -1.01. The molecule has 84 valence electrons. The van der Waals surface area contributed by atoms with E-state index in [1.165, 1.54) is 6.26 Å². The van der Waals surface area contributed by atoms with E-state index < -0.39 is 5.97 Å². The van der Waals surface area contributed by atoms with Gasteiger partial charge in [0.2, 0.25) is 5.89 Å². The summed E-state index contributed by atoms with van der Waals surface area (Å²) in [7, 11) is 0. The lowest BCUT2D eigenvalue weighted by Crippen LogP contribution is -1.95. The van der Waals surface area contributed by atoms with Crippen molar-refractivity contribution < 1.29 is 14.3 Å². The maximum atomic E-state index is 10.9. The molecule has 1 N–H and O–H groups in total. The van der Waals surface area contributed by atoms with Crippen LogP contribution in [0.3, 0.4) is 0 Å². The molecule has 5 nitrogen and oxygen atoms in total. The standard InChI is InChI=1S/C11H6N2O3S/c14-11(15)9-7-2-1-6(5-8(7)17-13-9)10-12-3-4-16-10/h1-5H,(H,14,15). The Morgan fingerprint density at radius 2 is 2.29 bits per heavy atom. The van der Waals surface area contributed by atoms with Gasteiger partial charge in [0, 0.05) is 10.9 Å². The zero-order valence-electron chi connectivity index (χ0n) is 8.45. The second-order valence-electron chi connectivity index (χ2n) is 3.38. The Hall–Kier alpha value is -2.21. The first kappa shape index (κ1) is 9.98. The topological polar surface area (TPSA) is 76.2 Å². The van der Waals surface area contributed by atoms with E-state index in [0.29, 0.717) is 11.3 Å². The fraction of sp³-hybridized carbons (Fsp3) is 0. The van der Waals surface area contributed by atoms with Crippen molar-refractivity contribution in [2.45, 2.75) is 0 Å². The van der Waals surface area contributed by atoms with E-state index >= 15 is 0 Å². The summed E-state index contributed by atoms with van der Waals surface area (Å²) in [4.78, 5) is 14.9. The molecule has 3 aromatic rings. The maximum absolute atomic E-state index is 10.9. The molecule has 3 rings (SSSR count). The van der Waals surface area contributed by atoms with Crippen molar-refractivity contribution in [3.8, 4) is 11.5 Å². The molecule has 2 heterocycles. The van der Waals surface area contributed by atoms with Crippen molar-refractivity contribution in [3.63, 3.8) is 0 Å².